The van der Waals surface area contributed by atoms with E-state index in [1.807, 2.05) is 27.7 Å². The van der Waals surface area contributed by atoms with Crippen molar-refractivity contribution in [2.45, 2.75) is 52.0 Å². The number of hydrogen-bond acceptors (Lipinski definition) is 8. The van der Waals surface area contributed by atoms with E-state index in [1.165, 1.54) is 12.3 Å². The minimum Gasteiger partial charge on any atom is -0.478 e. The molecule has 0 aliphatic carbocycles. The molecule has 0 amide bonds. The third-order valence-corrected chi connectivity index (χ3v) is 7.81. The molecule has 43 heavy (non-hydrogen) atoms. The van der Waals surface area contributed by atoms with Gasteiger partial charge in [0.15, 0.2) is 5.65 Å². The maximum absolute atomic E-state index is 14.2. The Hall–Kier alpha value is -5.09. The second-order valence-corrected chi connectivity index (χ2v) is 10.5. The maximum Gasteiger partial charge on any atom is 0.337 e. The monoisotopic (exact) mass is 583 g/mol. The van der Waals surface area contributed by atoms with E-state index in [0.29, 0.717) is 35.7 Å². The molecule has 4 aromatic heterocycles. The molecule has 6 rings (SSSR count). The van der Waals surface area contributed by atoms with E-state index in [0.717, 1.165) is 44.0 Å². The van der Waals surface area contributed by atoms with Crippen molar-refractivity contribution in [3.05, 3.63) is 89.3 Å². The summed E-state index contributed by atoms with van der Waals surface area (Å²) in [6.45, 7) is 5.63. The van der Waals surface area contributed by atoms with E-state index in [2.05, 4.69) is 31.5 Å². The smallest absolute Gasteiger partial charge is 0.337 e. The highest BCUT2D eigenvalue weighted by Crippen LogP contribution is 2.26. The standard InChI is InChI=1S/C30H30FN9O3/c1-2-38-19-33-15-24(38)16-39-27(35-26-12-22(30(41)42)14-34-29(26)39)17-37-8-5-23(6-9-37)40-10-7-28(36-40)43-18-21-4-3-20(13-32)11-25(21)31/h3-4,7,10-12,14-15,19,23H,2,5-6,8-9,16-18H2,1H3,(H,41,42). The van der Waals surface area contributed by atoms with Crippen molar-refractivity contribution in [1.82, 2.24) is 38.8 Å². The van der Waals surface area contributed by atoms with Gasteiger partial charge in [0.25, 0.3) is 0 Å². The number of benzene rings is 1. The van der Waals surface area contributed by atoms with Gasteiger partial charge >= 0.3 is 5.97 Å². The Kier molecular flexibility index (Phi) is 7.84. The van der Waals surface area contributed by atoms with E-state index in [4.69, 9.17) is 15.0 Å². The van der Waals surface area contributed by atoms with Crippen molar-refractivity contribution >= 4 is 17.1 Å². The Labute approximate surface area is 246 Å². The molecule has 0 bridgehead atoms. The van der Waals surface area contributed by atoms with Gasteiger partial charge in [0.1, 0.15) is 23.8 Å². The number of ether oxygens (including phenoxy) is 1. The van der Waals surface area contributed by atoms with Gasteiger partial charge in [-0.3, -0.25) is 9.58 Å². The first-order valence-corrected chi connectivity index (χ1v) is 14.1. The number of likely N-dealkylation sites (tertiary alicyclic amines) is 1. The molecular weight excluding hydrogens is 553 g/mol. The number of imidazole rings is 2. The number of carbonyl (C=O) groups is 1. The number of nitriles is 1. The highest BCUT2D eigenvalue weighted by atomic mass is 19.1. The SMILES string of the molecule is CCn1cncc1Cn1c(CN2CCC(n3ccc(OCc4ccc(C#N)cc4F)n3)CC2)nc2cc(C(=O)O)cnc21. The van der Waals surface area contributed by atoms with E-state index in [1.54, 1.807) is 30.6 Å². The molecule has 5 heterocycles. The lowest BCUT2D eigenvalue weighted by Crippen LogP contribution is -2.35. The number of halogens is 1. The Morgan fingerprint density at radius 2 is 2.02 bits per heavy atom. The lowest BCUT2D eigenvalue weighted by Gasteiger charge is -2.31. The molecule has 1 aliphatic heterocycles. The molecular formula is C30H30FN9O3. The van der Waals surface area contributed by atoms with Crippen LogP contribution in [0.3, 0.4) is 0 Å². The van der Waals surface area contributed by atoms with Crippen LogP contribution < -0.4 is 4.74 Å². The van der Waals surface area contributed by atoms with Crippen molar-refractivity contribution in [2.24, 2.45) is 0 Å². The average molecular weight is 584 g/mol. The first-order valence-electron chi connectivity index (χ1n) is 14.1. The number of hydrogen-bond donors (Lipinski definition) is 1. The number of aromatic nitrogens is 7. The summed E-state index contributed by atoms with van der Waals surface area (Å²) in [5, 5.41) is 22.9. The van der Waals surface area contributed by atoms with E-state index in [9.17, 15) is 14.3 Å². The summed E-state index contributed by atoms with van der Waals surface area (Å²) >= 11 is 0. The Balaban J connectivity index is 1.12. The molecule has 0 spiro atoms. The minimum absolute atomic E-state index is 0.0237. The van der Waals surface area contributed by atoms with Crippen molar-refractivity contribution in [1.29, 1.82) is 5.26 Å². The highest BCUT2D eigenvalue weighted by molar-refractivity contribution is 5.90. The zero-order chi connectivity index (χ0) is 29.9. The average Bonchev–Trinajstić information content (AvgIpc) is 3.76. The Morgan fingerprint density at radius 3 is 2.77 bits per heavy atom. The molecule has 1 saturated heterocycles. The molecule has 5 aromatic rings. The Bertz CT molecular complexity index is 1810. The first-order chi connectivity index (χ1) is 20.9. The van der Waals surface area contributed by atoms with Gasteiger partial charge in [-0.1, -0.05) is 6.07 Å². The van der Waals surface area contributed by atoms with E-state index >= 15 is 0 Å². The second kappa shape index (κ2) is 12.0. The third kappa shape index (κ3) is 5.96. The second-order valence-electron chi connectivity index (χ2n) is 10.5. The summed E-state index contributed by atoms with van der Waals surface area (Å²) in [7, 11) is 0. The van der Waals surface area contributed by atoms with Gasteiger partial charge in [-0.2, -0.15) is 5.26 Å². The van der Waals surface area contributed by atoms with Crippen LogP contribution in [-0.4, -0.2) is 62.9 Å². The summed E-state index contributed by atoms with van der Waals surface area (Å²) in [4.78, 5) is 27.4. The summed E-state index contributed by atoms with van der Waals surface area (Å²) in [6, 6.07) is 9.77. The van der Waals surface area contributed by atoms with E-state index in [-0.39, 0.29) is 23.8 Å². The number of piperidine rings is 1. The van der Waals surface area contributed by atoms with Crippen LogP contribution in [0.15, 0.2) is 55.2 Å². The molecule has 220 valence electrons. The van der Waals surface area contributed by atoms with Crippen LogP contribution in [0, 0.1) is 17.1 Å². The third-order valence-electron chi connectivity index (χ3n) is 7.81. The van der Waals surface area contributed by atoms with Crippen LogP contribution in [0.1, 0.15) is 58.8 Å². The summed E-state index contributed by atoms with van der Waals surface area (Å²) in [5.74, 6) is -0.282. The fourth-order valence-electron chi connectivity index (χ4n) is 5.42. The number of carboxylic acids is 1. The van der Waals surface area contributed by atoms with Crippen LogP contribution in [0.4, 0.5) is 4.39 Å². The Morgan fingerprint density at radius 1 is 1.19 bits per heavy atom. The number of fused-ring (bicyclic) bond motifs is 1. The van der Waals surface area contributed by atoms with Crippen LogP contribution >= 0.6 is 0 Å². The summed E-state index contributed by atoms with van der Waals surface area (Å²) in [6.07, 6.45) is 8.63. The predicted octanol–water partition coefficient (Wildman–Crippen LogP) is 4.02. The van der Waals surface area contributed by atoms with Gasteiger partial charge in [-0.15, -0.1) is 5.10 Å². The number of aromatic carboxylic acids is 1. The molecule has 1 aromatic carbocycles. The van der Waals surface area contributed by atoms with Gasteiger partial charge in [-0.25, -0.2) is 24.1 Å². The predicted molar refractivity (Wildman–Crippen MR) is 153 cm³/mol. The van der Waals surface area contributed by atoms with Gasteiger partial charge in [0, 0.05) is 49.9 Å². The zero-order valence-electron chi connectivity index (χ0n) is 23.6. The fraction of sp³-hybridized carbons (Fsp3) is 0.333. The van der Waals surface area contributed by atoms with Gasteiger partial charge in [0.05, 0.1) is 48.3 Å². The molecule has 12 nitrogen and oxygen atoms in total. The van der Waals surface area contributed by atoms with Crippen molar-refractivity contribution in [3.8, 4) is 11.9 Å². The minimum atomic E-state index is -1.04. The molecule has 0 atom stereocenters. The summed E-state index contributed by atoms with van der Waals surface area (Å²) in [5.41, 5.74) is 2.95. The van der Waals surface area contributed by atoms with Crippen LogP contribution in [-0.2, 0) is 26.2 Å². The van der Waals surface area contributed by atoms with Crippen molar-refractivity contribution < 1.29 is 19.0 Å². The summed E-state index contributed by atoms with van der Waals surface area (Å²) < 4.78 is 25.9. The molecule has 1 N–H and O–H groups in total. The zero-order valence-corrected chi connectivity index (χ0v) is 23.6. The number of carboxylic acid groups (broad SMARTS) is 1. The van der Waals surface area contributed by atoms with Crippen LogP contribution in [0.5, 0.6) is 5.88 Å². The quantitative estimate of drug-likeness (QED) is 0.258. The maximum atomic E-state index is 14.2. The number of nitrogens with zero attached hydrogens (tertiary/aromatic N) is 9. The molecule has 0 saturated carbocycles. The van der Waals surface area contributed by atoms with Gasteiger partial charge in [-0.05, 0) is 38.0 Å². The van der Waals surface area contributed by atoms with Crippen molar-refractivity contribution in [2.75, 3.05) is 13.1 Å². The topological polar surface area (TPSA) is 140 Å². The molecule has 13 heteroatoms. The van der Waals surface area contributed by atoms with E-state index < -0.39 is 11.8 Å². The van der Waals surface area contributed by atoms with Crippen molar-refractivity contribution in [3.63, 3.8) is 0 Å². The number of rotatable bonds is 10. The number of aryl methyl sites for hydroxylation is 1. The van der Waals surface area contributed by atoms with Gasteiger partial charge < -0.3 is 19.0 Å². The lowest BCUT2D eigenvalue weighted by atomic mass is 10.1. The molecule has 1 fully saturated rings. The fourth-order valence-corrected chi connectivity index (χ4v) is 5.42. The first kappa shape index (κ1) is 28.0. The van der Waals surface area contributed by atoms with Gasteiger partial charge in [0.2, 0.25) is 5.88 Å². The molecule has 0 radical (unpaired) electrons. The number of pyridine rings is 1. The largest absolute Gasteiger partial charge is 0.478 e. The molecule has 1 aliphatic rings. The van der Waals surface area contributed by atoms with Crippen LogP contribution in [0.2, 0.25) is 0 Å². The molecule has 0 unspecified atom stereocenters. The lowest BCUT2D eigenvalue weighted by molar-refractivity contribution is 0.0696. The van der Waals surface area contributed by atoms with Crippen LogP contribution in [0.25, 0.3) is 11.2 Å². The normalized spacial score (nSPS) is 14.3. The highest BCUT2D eigenvalue weighted by Gasteiger charge is 2.24.